The van der Waals surface area contributed by atoms with Crippen LogP contribution < -0.4 is 10.6 Å². The van der Waals surface area contributed by atoms with Gasteiger partial charge in [0.15, 0.2) is 0 Å². The fourth-order valence-electron chi connectivity index (χ4n) is 1.70. The van der Waals surface area contributed by atoms with Crippen molar-refractivity contribution in [3.63, 3.8) is 0 Å². The van der Waals surface area contributed by atoms with E-state index in [4.69, 9.17) is 5.11 Å². The third kappa shape index (κ3) is 11.7. The van der Waals surface area contributed by atoms with Crippen molar-refractivity contribution in [2.45, 2.75) is 38.1 Å². The van der Waals surface area contributed by atoms with Crippen LogP contribution in [0.1, 0.15) is 32.1 Å². The summed E-state index contributed by atoms with van der Waals surface area (Å²) in [5.41, 5.74) is 0. The summed E-state index contributed by atoms with van der Waals surface area (Å²) >= 11 is 3.17. The number of carboxylic acids is 1. The van der Waals surface area contributed by atoms with Crippen LogP contribution in [-0.2, 0) is 14.4 Å². The van der Waals surface area contributed by atoms with Gasteiger partial charge in [0.1, 0.15) is 6.04 Å². The van der Waals surface area contributed by atoms with Crippen LogP contribution in [-0.4, -0.2) is 59.5 Å². The first-order chi connectivity index (χ1) is 10.5. The molecular formula is C14H26N2O4S2. The summed E-state index contributed by atoms with van der Waals surface area (Å²) in [5, 5.41) is 14.4. The molecule has 0 spiro atoms. The lowest BCUT2D eigenvalue weighted by atomic mass is 10.1. The highest BCUT2D eigenvalue weighted by Gasteiger charge is 2.18. The molecule has 128 valence electrons. The molecule has 0 aliphatic heterocycles. The number of thioether (sulfide) groups is 2. The Morgan fingerprint density at radius 1 is 1.00 bits per heavy atom. The van der Waals surface area contributed by atoms with Gasteiger partial charge in [-0.25, -0.2) is 4.79 Å². The number of unbranched alkanes of at least 4 members (excludes halogenated alkanes) is 1. The van der Waals surface area contributed by atoms with E-state index >= 15 is 0 Å². The average molecular weight is 351 g/mol. The van der Waals surface area contributed by atoms with E-state index in [2.05, 4.69) is 10.6 Å². The number of rotatable bonds is 13. The van der Waals surface area contributed by atoms with Gasteiger partial charge >= 0.3 is 5.97 Å². The Balaban J connectivity index is 3.84. The van der Waals surface area contributed by atoms with Gasteiger partial charge in [-0.2, -0.15) is 23.5 Å². The Hall–Kier alpha value is -0.890. The van der Waals surface area contributed by atoms with E-state index in [0.717, 1.165) is 5.75 Å². The van der Waals surface area contributed by atoms with Crippen molar-refractivity contribution < 1.29 is 19.5 Å². The average Bonchev–Trinajstić information content (AvgIpc) is 2.49. The molecule has 0 aliphatic carbocycles. The first-order valence-corrected chi connectivity index (χ1v) is 10.1. The van der Waals surface area contributed by atoms with E-state index < -0.39 is 12.0 Å². The number of carbonyl (C=O) groups is 3. The maximum Gasteiger partial charge on any atom is 0.326 e. The molecule has 3 N–H and O–H groups in total. The molecule has 0 aromatic heterocycles. The van der Waals surface area contributed by atoms with Crippen LogP contribution in [0.3, 0.4) is 0 Å². The molecule has 1 unspecified atom stereocenters. The molecule has 6 nitrogen and oxygen atoms in total. The highest BCUT2D eigenvalue weighted by atomic mass is 32.2. The van der Waals surface area contributed by atoms with E-state index in [1.807, 2.05) is 12.5 Å². The second-order valence-electron chi connectivity index (χ2n) is 4.79. The first kappa shape index (κ1) is 21.1. The summed E-state index contributed by atoms with van der Waals surface area (Å²) in [7, 11) is 0. The fourth-order valence-corrected chi connectivity index (χ4v) is 2.48. The van der Waals surface area contributed by atoms with Gasteiger partial charge in [-0.05, 0) is 31.8 Å². The Bertz CT molecular complexity index is 354. The molecule has 8 heteroatoms. The smallest absolute Gasteiger partial charge is 0.326 e. The molecule has 0 bridgehead atoms. The van der Waals surface area contributed by atoms with Crippen molar-refractivity contribution >= 4 is 41.3 Å². The van der Waals surface area contributed by atoms with Crippen LogP contribution in [0.15, 0.2) is 0 Å². The molecule has 0 saturated carbocycles. The summed E-state index contributed by atoms with van der Waals surface area (Å²) in [4.78, 5) is 34.0. The van der Waals surface area contributed by atoms with Gasteiger partial charge < -0.3 is 15.7 Å². The first-order valence-electron chi connectivity index (χ1n) is 7.28. The molecule has 0 fully saturated rings. The molecule has 1 atom stereocenters. The fraction of sp³-hybridized carbons (Fsp3) is 0.786. The van der Waals surface area contributed by atoms with E-state index in [9.17, 15) is 14.4 Å². The normalized spacial score (nSPS) is 11.7. The number of hydrogen-bond acceptors (Lipinski definition) is 5. The summed E-state index contributed by atoms with van der Waals surface area (Å²) in [6.45, 7) is 0.542. The zero-order valence-corrected chi connectivity index (χ0v) is 14.9. The third-order valence-electron chi connectivity index (χ3n) is 2.94. The zero-order chi connectivity index (χ0) is 16.8. The summed E-state index contributed by atoms with van der Waals surface area (Å²) in [6.07, 6.45) is 6.40. The molecule has 22 heavy (non-hydrogen) atoms. The Morgan fingerprint density at radius 3 is 2.14 bits per heavy atom. The standard InChI is InChI=1S/C14H26N2O4S2/c1-21-9-6-12(17)15-8-4-3-5-11(14(19)20)16-13(18)7-10-22-2/h11H,3-10H2,1-2H3,(H,15,17)(H,16,18)(H,19,20). The monoisotopic (exact) mass is 350 g/mol. The molecule has 0 aromatic rings. The van der Waals surface area contributed by atoms with Crippen molar-refractivity contribution in [3.8, 4) is 0 Å². The lowest BCUT2D eigenvalue weighted by Gasteiger charge is -2.14. The van der Waals surface area contributed by atoms with Crippen molar-refractivity contribution in [1.29, 1.82) is 0 Å². The van der Waals surface area contributed by atoms with Gasteiger partial charge in [0.2, 0.25) is 11.8 Å². The predicted octanol–water partition coefficient (Wildman–Crippen LogP) is 1.35. The van der Waals surface area contributed by atoms with Crippen molar-refractivity contribution in [3.05, 3.63) is 0 Å². The van der Waals surface area contributed by atoms with Gasteiger partial charge in [0.25, 0.3) is 0 Å². The number of carbonyl (C=O) groups excluding carboxylic acids is 2. The minimum absolute atomic E-state index is 0.0227. The second-order valence-corrected chi connectivity index (χ2v) is 6.76. The van der Waals surface area contributed by atoms with Crippen molar-refractivity contribution in [1.82, 2.24) is 10.6 Å². The molecule has 0 saturated heterocycles. The molecule has 0 radical (unpaired) electrons. The minimum Gasteiger partial charge on any atom is -0.480 e. The van der Waals surface area contributed by atoms with Gasteiger partial charge in [-0.15, -0.1) is 0 Å². The highest BCUT2D eigenvalue weighted by molar-refractivity contribution is 7.98. The van der Waals surface area contributed by atoms with E-state index in [1.54, 1.807) is 23.5 Å². The molecule has 0 rings (SSSR count). The van der Waals surface area contributed by atoms with Gasteiger partial charge in [-0.3, -0.25) is 9.59 Å². The third-order valence-corrected chi connectivity index (χ3v) is 4.17. The number of nitrogens with one attached hydrogen (secondary N) is 2. The molecule has 0 heterocycles. The van der Waals surface area contributed by atoms with Gasteiger partial charge in [-0.1, -0.05) is 0 Å². The van der Waals surface area contributed by atoms with Crippen LogP contribution in [0.2, 0.25) is 0 Å². The highest BCUT2D eigenvalue weighted by Crippen LogP contribution is 2.03. The summed E-state index contributed by atoms with van der Waals surface area (Å²) < 4.78 is 0. The van der Waals surface area contributed by atoms with Gasteiger partial charge in [0.05, 0.1) is 0 Å². The minimum atomic E-state index is -1.01. The Labute approximate surface area is 140 Å². The summed E-state index contributed by atoms with van der Waals surface area (Å²) in [6, 6.07) is -0.846. The lowest BCUT2D eigenvalue weighted by molar-refractivity contribution is -0.142. The van der Waals surface area contributed by atoms with Crippen LogP contribution in [0.25, 0.3) is 0 Å². The maximum absolute atomic E-state index is 11.5. The molecule has 2 amide bonds. The van der Waals surface area contributed by atoms with Crippen molar-refractivity contribution in [2.75, 3.05) is 30.6 Å². The number of hydrogen-bond donors (Lipinski definition) is 3. The summed E-state index contributed by atoms with van der Waals surface area (Å²) in [5.74, 6) is 0.262. The SMILES string of the molecule is CSCCC(=O)NCCCCC(NC(=O)CCSC)C(=O)O. The number of amides is 2. The topological polar surface area (TPSA) is 95.5 Å². The quantitative estimate of drug-likeness (QED) is 0.434. The predicted molar refractivity (Wildman–Crippen MR) is 92.4 cm³/mol. The van der Waals surface area contributed by atoms with Crippen LogP contribution in [0, 0.1) is 0 Å². The lowest BCUT2D eigenvalue weighted by Crippen LogP contribution is -2.41. The Kier molecular flexibility index (Phi) is 13.2. The van der Waals surface area contributed by atoms with E-state index in [-0.39, 0.29) is 11.8 Å². The van der Waals surface area contributed by atoms with Crippen LogP contribution >= 0.6 is 23.5 Å². The number of carboxylic acid groups (broad SMARTS) is 1. The van der Waals surface area contributed by atoms with Crippen molar-refractivity contribution in [2.24, 2.45) is 0 Å². The van der Waals surface area contributed by atoms with Gasteiger partial charge in [0, 0.05) is 30.9 Å². The number of aliphatic carboxylic acids is 1. The van der Waals surface area contributed by atoms with E-state index in [0.29, 0.717) is 44.4 Å². The molecule has 0 aromatic carbocycles. The maximum atomic E-state index is 11.5. The second kappa shape index (κ2) is 13.8. The van der Waals surface area contributed by atoms with E-state index in [1.165, 1.54) is 0 Å². The largest absolute Gasteiger partial charge is 0.480 e. The molecule has 0 aliphatic rings. The Morgan fingerprint density at radius 2 is 1.59 bits per heavy atom. The van der Waals surface area contributed by atoms with Crippen LogP contribution in [0.4, 0.5) is 0 Å². The molecular weight excluding hydrogens is 324 g/mol. The zero-order valence-electron chi connectivity index (χ0n) is 13.2. The van der Waals surface area contributed by atoms with Crippen LogP contribution in [0.5, 0.6) is 0 Å².